The van der Waals surface area contributed by atoms with E-state index < -0.39 is 0 Å². The maximum absolute atomic E-state index is 13.4. The molecule has 0 N–H and O–H groups in total. The molecular weight excluding hydrogens is 332 g/mol. The van der Waals surface area contributed by atoms with Crippen molar-refractivity contribution in [2.75, 3.05) is 26.2 Å². The van der Waals surface area contributed by atoms with Gasteiger partial charge in [-0.15, -0.1) is 0 Å². The van der Waals surface area contributed by atoms with E-state index in [0.717, 1.165) is 25.4 Å². The molecule has 0 saturated carbocycles. The van der Waals surface area contributed by atoms with Gasteiger partial charge in [0.2, 0.25) is 5.91 Å². The van der Waals surface area contributed by atoms with Gasteiger partial charge in [0.1, 0.15) is 0 Å². The van der Waals surface area contributed by atoms with Gasteiger partial charge in [-0.05, 0) is 60.9 Å². The summed E-state index contributed by atoms with van der Waals surface area (Å²) in [6, 6.07) is 19.3. The van der Waals surface area contributed by atoms with Crippen LogP contribution in [0.25, 0.3) is 0 Å². The monoisotopic (exact) mass is 360 g/mol. The predicted molar refractivity (Wildman–Crippen MR) is 107 cm³/mol. The topological polar surface area (TPSA) is 23.6 Å². The molecule has 2 bridgehead atoms. The Bertz CT molecular complexity index is 810. The van der Waals surface area contributed by atoms with E-state index >= 15 is 0 Å². The van der Waals surface area contributed by atoms with Gasteiger partial charge in [-0.3, -0.25) is 4.79 Å². The number of fused-ring (bicyclic) bond motifs is 4. The minimum Gasteiger partial charge on any atom is -0.331 e. The lowest BCUT2D eigenvalue weighted by Gasteiger charge is -2.46. The molecular formula is C24H28N2O. The molecule has 27 heavy (non-hydrogen) atoms. The van der Waals surface area contributed by atoms with Crippen LogP contribution in [0.1, 0.15) is 42.0 Å². The van der Waals surface area contributed by atoms with Gasteiger partial charge in [0, 0.05) is 19.5 Å². The summed E-state index contributed by atoms with van der Waals surface area (Å²) >= 11 is 0. The predicted octanol–water partition coefficient (Wildman–Crippen LogP) is 3.89. The molecule has 6 rings (SSSR count). The molecule has 0 spiro atoms. The standard InChI is InChI=1S/C24H28N2O/c27-23(16-21-17-25-13-10-18(21)11-14-25)26-15-12-19-6-4-5-9-22(19)24(26)20-7-2-1-3-8-20/h1-9,18,21,24H,10-17H2. The number of benzene rings is 2. The Balaban J connectivity index is 1.43. The second-order valence-electron chi connectivity index (χ2n) is 8.45. The van der Waals surface area contributed by atoms with E-state index in [9.17, 15) is 4.79 Å². The van der Waals surface area contributed by atoms with Gasteiger partial charge in [0.25, 0.3) is 0 Å². The molecule has 2 unspecified atom stereocenters. The first kappa shape index (κ1) is 17.0. The first-order valence-electron chi connectivity index (χ1n) is 10.4. The molecule has 0 radical (unpaired) electrons. The zero-order valence-electron chi connectivity index (χ0n) is 15.9. The molecule has 0 aliphatic carbocycles. The fraction of sp³-hybridized carbons (Fsp3) is 0.458. The zero-order chi connectivity index (χ0) is 18.2. The van der Waals surface area contributed by atoms with E-state index in [1.165, 1.54) is 42.6 Å². The third-order valence-electron chi connectivity index (χ3n) is 6.95. The molecule has 2 aromatic rings. The summed E-state index contributed by atoms with van der Waals surface area (Å²) in [6.07, 6.45) is 4.24. The lowest BCUT2D eigenvalue weighted by atomic mass is 9.77. The summed E-state index contributed by atoms with van der Waals surface area (Å²) in [6.45, 7) is 4.42. The second kappa shape index (κ2) is 7.12. The van der Waals surface area contributed by atoms with Gasteiger partial charge in [-0.25, -0.2) is 0 Å². The molecule has 1 amide bonds. The van der Waals surface area contributed by atoms with Crippen molar-refractivity contribution < 1.29 is 4.79 Å². The number of piperidine rings is 3. The number of carbonyl (C=O) groups excluding carboxylic acids is 1. The number of amides is 1. The summed E-state index contributed by atoms with van der Waals surface area (Å²) < 4.78 is 0. The minimum atomic E-state index is 0.0599. The fourth-order valence-corrected chi connectivity index (χ4v) is 5.49. The van der Waals surface area contributed by atoms with Crippen molar-refractivity contribution in [1.82, 2.24) is 9.80 Å². The van der Waals surface area contributed by atoms with Gasteiger partial charge in [-0.2, -0.15) is 0 Å². The molecule has 140 valence electrons. The summed E-state index contributed by atoms with van der Waals surface area (Å²) in [5.41, 5.74) is 3.92. The fourth-order valence-electron chi connectivity index (χ4n) is 5.49. The van der Waals surface area contributed by atoms with Gasteiger partial charge in [-0.1, -0.05) is 54.6 Å². The maximum Gasteiger partial charge on any atom is 0.223 e. The molecule has 3 nitrogen and oxygen atoms in total. The van der Waals surface area contributed by atoms with Gasteiger partial charge in [0.05, 0.1) is 6.04 Å². The van der Waals surface area contributed by atoms with Crippen molar-refractivity contribution in [2.24, 2.45) is 11.8 Å². The summed E-state index contributed by atoms with van der Waals surface area (Å²) in [4.78, 5) is 18.2. The van der Waals surface area contributed by atoms with Crippen LogP contribution in [0.3, 0.4) is 0 Å². The van der Waals surface area contributed by atoms with E-state index in [1.54, 1.807) is 0 Å². The highest BCUT2D eigenvalue weighted by molar-refractivity contribution is 5.78. The average molecular weight is 361 g/mol. The molecule has 0 aromatic heterocycles. The average Bonchev–Trinajstić information content (AvgIpc) is 2.74. The van der Waals surface area contributed by atoms with E-state index in [0.29, 0.717) is 18.2 Å². The van der Waals surface area contributed by atoms with Crippen LogP contribution in [-0.2, 0) is 11.2 Å². The van der Waals surface area contributed by atoms with Crippen molar-refractivity contribution >= 4 is 5.91 Å². The largest absolute Gasteiger partial charge is 0.331 e. The van der Waals surface area contributed by atoms with Crippen LogP contribution >= 0.6 is 0 Å². The first-order valence-corrected chi connectivity index (χ1v) is 10.4. The molecule has 3 heteroatoms. The molecule has 2 atom stereocenters. The smallest absolute Gasteiger partial charge is 0.223 e. The molecule has 4 heterocycles. The van der Waals surface area contributed by atoms with E-state index in [1.807, 2.05) is 0 Å². The molecule has 2 aromatic carbocycles. The van der Waals surface area contributed by atoms with E-state index in [2.05, 4.69) is 64.4 Å². The Morgan fingerprint density at radius 3 is 2.41 bits per heavy atom. The van der Waals surface area contributed by atoms with Crippen molar-refractivity contribution in [3.8, 4) is 0 Å². The second-order valence-corrected chi connectivity index (χ2v) is 8.45. The Hall–Kier alpha value is -2.13. The van der Waals surface area contributed by atoms with Crippen LogP contribution in [-0.4, -0.2) is 41.9 Å². The maximum atomic E-state index is 13.4. The van der Waals surface area contributed by atoms with Crippen molar-refractivity contribution in [3.05, 3.63) is 71.3 Å². The van der Waals surface area contributed by atoms with Crippen LogP contribution in [0, 0.1) is 11.8 Å². The van der Waals surface area contributed by atoms with Gasteiger partial charge >= 0.3 is 0 Å². The molecule has 4 aliphatic rings. The first-order chi connectivity index (χ1) is 13.3. The Labute approximate surface area is 162 Å². The SMILES string of the molecule is O=C(CC1CN2CCC1CC2)N1CCc2ccccc2C1c1ccccc1. The number of hydrogen-bond acceptors (Lipinski definition) is 2. The third kappa shape index (κ3) is 3.19. The van der Waals surface area contributed by atoms with Crippen LogP contribution in [0.5, 0.6) is 0 Å². The van der Waals surface area contributed by atoms with Gasteiger partial charge < -0.3 is 9.80 Å². The highest BCUT2D eigenvalue weighted by Gasteiger charge is 2.38. The van der Waals surface area contributed by atoms with Crippen LogP contribution in [0.4, 0.5) is 0 Å². The van der Waals surface area contributed by atoms with E-state index in [-0.39, 0.29) is 6.04 Å². The molecule has 4 aliphatic heterocycles. The van der Waals surface area contributed by atoms with Crippen LogP contribution < -0.4 is 0 Å². The zero-order valence-corrected chi connectivity index (χ0v) is 15.9. The molecule has 3 saturated heterocycles. The highest BCUT2D eigenvalue weighted by atomic mass is 16.2. The van der Waals surface area contributed by atoms with E-state index in [4.69, 9.17) is 0 Å². The Kier molecular flexibility index (Phi) is 4.48. The normalized spacial score (nSPS) is 29.4. The van der Waals surface area contributed by atoms with Crippen LogP contribution in [0.15, 0.2) is 54.6 Å². The van der Waals surface area contributed by atoms with Crippen molar-refractivity contribution in [3.63, 3.8) is 0 Å². The van der Waals surface area contributed by atoms with Crippen molar-refractivity contribution in [1.29, 1.82) is 0 Å². The number of nitrogens with zero attached hydrogens (tertiary/aromatic N) is 2. The molecule has 3 fully saturated rings. The summed E-state index contributed by atoms with van der Waals surface area (Å²) in [5, 5.41) is 0. The quantitative estimate of drug-likeness (QED) is 0.829. The van der Waals surface area contributed by atoms with Gasteiger partial charge in [0.15, 0.2) is 0 Å². The highest BCUT2D eigenvalue weighted by Crippen LogP contribution is 2.38. The Morgan fingerprint density at radius 1 is 0.926 bits per heavy atom. The number of rotatable bonds is 3. The minimum absolute atomic E-state index is 0.0599. The van der Waals surface area contributed by atoms with Crippen molar-refractivity contribution in [2.45, 2.75) is 31.7 Å². The number of carbonyl (C=O) groups is 1. The lowest BCUT2D eigenvalue weighted by molar-refractivity contribution is -0.136. The lowest BCUT2D eigenvalue weighted by Crippen LogP contribution is -2.49. The Morgan fingerprint density at radius 2 is 1.67 bits per heavy atom. The summed E-state index contributed by atoms with van der Waals surface area (Å²) in [5.74, 6) is 1.65. The third-order valence-corrected chi connectivity index (χ3v) is 6.95. The van der Waals surface area contributed by atoms with Crippen LogP contribution in [0.2, 0.25) is 0 Å². The number of hydrogen-bond donors (Lipinski definition) is 0. The summed E-state index contributed by atoms with van der Waals surface area (Å²) in [7, 11) is 0.